The number of hydrogen-bond acceptors (Lipinski definition) is 2. The number of rotatable bonds is 4. The molecule has 0 unspecified atom stereocenters. The van der Waals surface area contributed by atoms with Crippen LogP contribution in [0.2, 0.25) is 5.02 Å². The fourth-order valence-corrected chi connectivity index (χ4v) is 3.07. The molecule has 0 aliphatic heterocycles. The number of fused-ring (bicyclic) bond motifs is 1. The molecule has 0 aliphatic carbocycles. The van der Waals surface area contributed by atoms with Gasteiger partial charge in [-0.2, -0.15) is 17.9 Å². The van der Waals surface area contributed by atoms with Crippen LogP contribution in [0.5, 0.6) is 0 Å². The molecular weight excluding hydrogens is 389 g/mol. The Morgan fingerprint density at radius 2 is 1.71 bits per heavy atom. The van der Waals surface area contributed by atoms with Crippen molar-refractivity contribution < 1.29 is 18.0 Å². The summed E-state index contributed by atoms with van der Waals surface area (Å²) in [4.78, 5) is 10.5. The Morgan fingerprint density at radius 3 is 2.46 bits per heavy atom. The molecule has 1 aromatic heterocycles. The Hall–Kier alpha value is -2.99. The Kier molecular flexibility index (Phi) is 4.73. The highest BCUT2D eigenvalue weighted by molar-refractivity contribution is 6.31. The highest BCUT2D eigenvalue weighted by Crippen LogP contribution is 2.30. The first-order valence-electron chi connectivity index (χ1n) is 8.45. The second kappa shape index (κ2) is 7.20. The van der Waals surface area contributed by atoms with E-state index in [9.17, 15) is 13.2 Å². The van der Waals surface area contributed by atoms with E-state index < -0.39 is 11.7 Å². The van der Waals surface area contributed by atoms with Gasteiger partial charge in [0.1, 0.15) is 12.1 Å². The van der Waals surface area contributed by atoms with Crippen molar-refractivity contribution in [2.45, 2.75) is 12.8 Å². The van der Waals surface area contributed by atoms with Crippen molar-refractivity contribution in [3.05, 3.63) is 88.9 Å². The van der Waals surface area contributed by atoms with Crippen LogP contribution in [0, 0.1) is 0 Å². The summed E-state index contributed by atoms with van der Waals surface area (Å²) in [5, 5.41) is 0.510. The van der Waals surface area contributed by atoms with Gasteiger partial charge in [0.25, 0.3) is 0 Å². The molecule has 3 aromatic carbocycles. The predicted molar refractivity (Wildman–Crippen MR) is 102 cm³/mol. The largest absolute Gasteiger partial charge is 0.416 e. The normalized spacial score (nSPS) is 11.7. The molecule has 0 bridgehead atoms. The van der Waals surface area contributed by atoms with E-state index in [1.54, 1.807) is 24.3 Å². The van der Waals surface area contributed by atoms with Crippen LogP contribution in [-0.2, 0) is 12.8 Å². The molecular formula is C21H14ClF3N2O. The smallest absolute Gasteiger partial charge is 0.407 e. The van der Waals surface area contributed by atoms with Crippen LogP contribution in [0.15, 0.2) is 72.8 Å². The second-order valence-corrected chi connectivity index (χ2v) is 6.64. The van der Waals surface area contributed by atoms with Gasteiger partial charge in [0.15, 0.2) is 5.82 Å². The van der Waals surface area contributed by atoms with Crippen LogP contribution in [-0.4, -0.2) is 9.71 Å². The molecule has 0 fully saturated rings. The van der Waals surface area contributed by atoms with Crippen molar-refractivity contribution in [3.63, 3.8) is 0 Å². The van der Waals surface area contributed by atoms with Crippen LogP contribution in [0.25, 0.3) is 22.4 Å². The minimum absolute atomic E-state index is 0.0538. The standard InChI is InChI=1S/C21H14ClF3N2O/c22-17-9-10-18-19(12-17)27(20(26-18)15-6-2-1-3-7-15)28-13-14-5-4-8-16(11-14)21(23,24)25/h1-12H,13H2. The topological polar surface area (TPSA) is 27.1 Å². The second-order valence-electron chi connectivity index (χ2n) is 6.20. The van der Waals surface area contributed by atoms with E-state index in [0.717, 1.165) is 17.7 Å². The maximum atomic E-state index is 12.9. The zero-order valence-electron chi connectivity index (χ0n) is 14.4. The Labute approximate surface area is 163 Å². The van der Waals surface area contributed by atoms with Gasteiger partial charge < -0.3 is 4.84 Å². The van der Waals surface area contributed by atoms with Crippen LogP contribution in [0.4, 0.5) is 13.2 Å². The highest BCUT2D eigenvalue weighted by atomic mass is 35.5. The maximum absolute atomic E-state index is 12.9. The molecule has 142 valence electrons. The Bertz CT molecular complexity index is 1120. The molecule has 4 aromatic rings. The number of benzene rings is 3. The van der Waals surface area contributed by atoms with Crippen molar-refractivity contribution >= 4 is 22.6 Å². The van der Waals surface area contributed by atoms with E-state index in [-0.39, 0.29) is 6.61 Å². The number of imidazole rings is 1. The van der Waals surface area contributed by atoms with Gasteiger partial charge in [-0.1, -0.05) is 54.1 Å². The summed E-state index contributed by atoms with van der Waals surface area (Å²) in [6, 6.07) is 19.7. The molecule has 0 atom stereocenters. The predicted octanol–water partition coefficient (Wildman–Crippen LogP) is 6.00. The van der Waals surface area contributed by atoms with E-state index in [4.69, 9.17) is 16.4 Å². The summed E-state index contributed by atoms with van der Waals surface area (Å²) < 4.78 is 40.4. The van der Waals surface area contributed by atoms with Gasteiger partial charge in [-0.15, -0.1) is 0 Å². The summed E-state index contributed by atoms with van der Waals surface area (Å²) in [6.45, 7) is -0.0538. The summed E-state index contributed by atoms with van der Waals surface area (Å²) in [5.41, 5.74) is 1.82. The van der Waals surface area contributed by atoms with Crippen LogP contribution < -0.4 is 4.84 Å². The van der Waals surface area contributed by atoms with Crippen molar-refractivity contribution in [2.75, 3.05) is 0 Å². The third-order valence-electron chi connectivity index (χ3n) is 4.22. The summed E-state index contributed by atoms with van der Waals surface area (Å²) >= 11 is 6.11. The average molecular weight is 403 g/mol. The van der Waals surface area contributed by atoms with Gasteiger partial charge >= 0.3 is 6.18 Å². The molecule has 0 radical (unpaired) electrons. The fourth-order valence-electron chi connectivity index (χ4n) is 2.90. The number of halogens is 4. The van der Waals surface area contributed by atoms with Gasteiger partial charge in [-0.25, -0.2) is 4.98 Å². The molecule has 3 nitrogen and oxygen atoms in total. The van der Waals surface area contributed by atoms with E-state index in [0.29, 0.717) is 27.4 Å². The molecule has 7 heteroatoms. The minimum Gasteiger partial charge on any atom is -0.407 e. The van der Waals surface area contributed by atoms with Crippen LogP contribution in [0.3, 0.4) is 0 Å². The van der Waals surface area contributed by atoms with Crippen molar-refractivity contribution in [1.29, 1.82) is 0 Å². The van der Waals surface area contributed by atoms with Crippen LogP contribution in [0.1, 0.15) is 11.1 Å². The zero-order valence-corrected chi connectivity index (χ0v) is 15.2. The lowest BCUT2D eigenvalue weighted by molar-refractivity contribution is -0.137. The van der Waals surface area contributed by atoms with E-state index in [1.165, 1.54) is 10.8 Å². The first-order chi connectivity index (χ1) is 13.4. The first kappa shape index (κ1) is 18.4. The molecule has 0 amide bonds. The zero-order chi connectivity index (χ0) is 19.7. The summed E-state index contributed by atoms with van der Waals surface area (Å²) in [7, 11) is 0. The summed E-state index contributed by atoms with van der Waals surface area (Å²) in [6.07, 6.45) is -4.40. The molecule has 28 heavy (non-hydrogen) atoms. The van der Waals surface area contributed by atoms with Gasteiger partial charge in [0, 0.05) is 10.6 Å². The SMILES string of the molecule is FC(F)(F)c1cccc(COn2c(-c3ccccc3)nc3ccc(Cl)cc32)c1. The number of nitrogens with zero attached hydrogens (tertiary/aromatic N) is 2. The monoisotopic (exact) mass is 402 g/mol. The number of aromatic nitrogens is 2. The molecule has 0 saturated heterocycles. The quantitative estimate of drug-likeness (QED) is 0.418. The summed E-state index contributed by atoms with van der Waals surface area (Å²) in [5.74, 6) is 0.546. The van der Waals surface area contributed by atoms with Gasteiger partial charge in [0.05, 0.1) is 11.1 Å². The lowest BCUT2D eigenvalue weighted by Gasteiger charge is -2.13. The molecule has 0 spiro atoms. The molecule has 4 rings (SSSR count). The van der Waals surface area contributed by atoms with E-state index >= 15 is 0 Å². The molecule has 0 aliphatic rings. The third kappa shape index (κ3) is 3.68. The van der Waals surface area contributed by atoms with Crippen LogP contribution >= 0.6 is 11.6 Å². The van der Waals surface area contributed by atoms with Crippen molar-refractivity contribution in [3.8, 4) is 11.4 Å². The first-order valence-corrected chi connectivity index (χ1v) is 8.82. The Balaban J connectivity index is 1.73. The van der Waals surface area contributed by atoms with E-state index in [2.05, 4.69) is 4.98 Å². The molecule has 1 heterocycles. The third-order valence-corrected chi connectivity index (χ3v) is 4.46. The van der Waals surface area contributed by atoms with Gasteiger partial charge in [-0.3, -0.25) is 0 Å². The lowest BCUT2D eigenvalue weighted by atomic mass is 10.1. The van der Waals surface area contributed by atoms with Crippen molar-refractivity contribution in [1.82, 2.24) is 9.71 Å². The van der Waals surface area contributed by atoms with Gasteiger partial charge in [-0.05, 0) is 35.9 Å². The maximum Gasteiger partial charge on any atom is 0.416 e. The fraction of sp³-hybridized carbons (Fsp3) is 0.0952. The average Bonchev–Trinajstić information content (AvgIpc) is 3.04. The van der Waals surface area contributed by atoms with Crippen molar-refractivity contribution in [2.24, 2.45) is 0 Å². The van der Waals surface area contributed by atoms with Gasteiger partial charge in [0.2, 0.25) is 0 Å². The molecule has 0 saturated carbocycles. The van der Waals surface area contributed by atoms with E-state index in [1.807, 2.05) is 30.3 Å². The lowest BCUT2D eigenvalue weighted by Crippen LogP contribution is -2.13. The molecule has 0 N–H and O–H groups in total. The number of hydrogen-bond donors (Lipinski definition) is 0. The Morgan fingerprint density at radius 1 is 0.929 bits per heavy atom. The highest BCUT2D eigenvalue weighted by Gasteiger charge is 2.30. The minimum atomic E-state index is -4.40. The number of alkyl halides is 3.